The van der Waals surface area contributed by atoms with Gasteiger partial charge in [-0.05, 0) is 50.2 Å². The van der Waals surface area contributed by atoms with Gasteiger partial charge in [0, 0.05) is 21.8 Å². The summed E-state index contributed by atoms with van der Waals surface area (Å²) in [5.74, 6) is 0.749. The number of aryl methyl sites for hydroxylation is 1. The number of hydrogen-bond donors (Lipinski definition) is 1. The van der Waals surface area contributed by atoms with Crippen molar-refractivity contribution in [1.29, 1.82) is 0 Å². The number of rotatable bonds is 6. The van der Waals surface area contributed by atoms with Crippen LogP contribution in [0.2, 0.25) is 0 Å². The third-order valence-corrected chi connectivity index (χ3v) is 7.08. The Balaban J connectivity index is 1.23. The van der Waals surface area contributed by atoms with Crippen molar-refractivity contribution in [1.82, 2.24) is 4.57 Å². The largest absolute Gasteiger partial charge is 0.486 e. The highest BCUT2D eigenvalue weighted by Gasteiger charge is 2.25. The molecule has 1 aromatic heterocycles. The lowest BCUT2D eigenvalue weighted by molar-refractivity contribution is -0.113. The Bertz CT molecular complexity index is 1330. The first-order valence-corrected chi connectivity index (χ1v) is 12.2. The summed E-state index contributed by atoms with van der Waals surface area (Å²) < 4.78 is 19.2. The lowest BCUT2D eigenvalue weighted by Crippen LogP contribution is -2.33. The molecule has 0 saturated carbocycles. The topological polar surface area (TPSA) is 95.9 Å². The Labute approximate surface area is 206 Å². The SMILES string of the molecule is Cc1cc(C(=O)COC(=O)c2ccc3c(c2)NC(=O)CS3)c(C)n1CC1COc2ccccc2O1. The van der Waals surface area contributed by atoms with Gasteiger partial charge < -0.3 is 24.1 Å². The van der Waals surface area contributed by atoms with Gasteiger partial charge in [0.2, 0.25) is 11.7 Å². The zero-order valence-corrected chi connectivity index (χ0v) is 20.1. The van der Waals surface area contributed by atoms with Crippen molar-refractivity contribution in [3.8, 4) is 11.5 Å². The first kappa shape index (κ1) is 23.0. The first-order valence-electron chi connectivity index (χ1n) is 11.2. The summed E-state index contributed by atoms with van der Waals surface area (Å²) in [7, 11) is 0. The maximum absolute atomic E-state index is 12.9. The normalized spacial score (nSPS) is 16.3. The fourth-order valence-electron chi connectivity index (χ4n) is 4.22. The van der Waals surface area contributed by atoms with Gasteiger partial charge in [-0.1, -0.05) is 12.1 Å². The second-order valence-electron chi connectivity index (χ2n) is 8.44. The third kappa shape index (κ3) is 4.77. The molecule has 0 spiro atoms. The van der Waals surface area contributed by atoms with Crippen molar-refractivity contribution in [2.45, 2.75) is 31.4 Å². The molecule has 2 aliphatic rings. The number of anilines is 1. The third-order valence-electron chi connectivity index (χ3n) is 6.01. The standard InChI is InChI=1S/C26H24N2O6S/c1-15-9-19(16(2)28(15)11-18-12-32-22-5-3-4-6-23(22)34-18)21(29)13-33-26(31)17-7-8-24-20(10-17)27-25(30)14-35-24/h3-10,18H,11-14H2,1-2H3,(H,27,30). The summed E-state index contributed by atoms with van der Waals surface area (Å²) in [5.41, 5.74) is 3.04. The van der Waals surface area contributed by atoms with Crippen LogP contribution in [0.3, 0.4) is 0 Å². The molecule has 2 aromatic carbocycles. The van der Waals surface area contributed by atoms with Crippen molar-refractivity contribution >= 4 is 35.1 Å². The van der Waals surface area contributed by atoms with E-state index >= 15 is 0 Å². The molecule has 3 aromatic rings. The summed E-state index contributed by atoms with van der Waals surface area (Å²) in [6.45, 7) is 4.35. The lowest BCUT2D eigenvalue weighted by atomic mass is 10.1. The summed E-state index contributed by atoms with van der Waals surface area (Å²) in [6.07, 6.45) is -0.196. The molecule has 9 heteroatoms. The van der Waals surface area contributed by atoms with Gasteiger partial charge in [-0.25, -0.2) is 4.79 Å². The highest BCUT2D eigenvalue weighted by Crippen LogP contribution is 2.33. The minimum absolute atomic E-state index is 0.118. The minimum atomic E-state index is -0.619. The zero-order chi connectivity index (χ0) is 24.5. The van der Waals surface area contributed by atoms with Crippen LogP contribution in [0.1, 0.15) is 32.1 Å². The van der Waals surface area contributed by atoms with Crippen LogP contribution in [-0.2, 0) is 16.1 Å². The fraction of sp³-hybridized carbons (Fsp3) is 0.269. The van der Waals surface area contributed by atoms with E-state index in [0.29, 0.717) is 35.9 Å². The number of amides is 1. The Morgan fingerprint density at radius 2 is 1.94 bits per heavy atom. The van der Waals surface area contributed by atoms with E-state index in [1.807, 2.05) is 42.7 Å². The lowest BCUT2D eigenvalue weighted by Gasteiger charge is -2.27. The van der Waals surface area contributed by atoms with Crippen LogP contribution in [0.15, 0.2) is 53.4 Å². The number of esters is 1. The number of Topliss-reactive ketones (excluding diaryl/α,β-unsaturated/α-hetero) is 1. The van der Waals surface area contributed by atoms with Crippen LogP contribution in [0.4, 0.5) is 5.69 Å². The molecule has 2 aliphatic heterocycles. The van der Waals surface area contributed by atoms with Gasteiger partial charge in [-0.2, -0.15) is 0 Å². The van der Waals surface area contributed by atoms with Crippen LogP contribution < -0.4 is 14.8 Å². The molecule has 0 saturated heterocycles. The minimum Gasteiger partial charge on any atom is -0.486 e. The Kier molecular flexibility index (Phi) is 6.25. The van der Waals surface area contributed by atoms with E-state index in [4.69, 9.17) is 14.2 Å². The molecule has 0 radical (unpaired) electrons. The van der Waals surface area contributed by atoms with Gasteiger partial charge in [-0.15, -0.1) is 11.8 Å². The molecule has 8 nitrogen and oxygen atoms in total. The predicted octanol–water partition coefficient (Wildman–Crippen LogP) is 4.03. The molecular weight excluding hydrogens is 468 g/mol. The monoisotopic (exact) mass is 492 g/mol. The van der Waals surface area contributed by atoms with Gasteiger partial charge in [0.1, 0.15) is 6.61 Å². The molecule has 0 fully saturated rings. The van der Waals surface area contributed by atoms with Gasteiger partial charge >= 0.3 is 5.97 Å². The van der Waals surface area contributed by atoms with E-state index < -0.39 is 5.97 Å². The first-order chi connectivity index (χ1) is 16.9. The number of ketones is 1. The number of benzene rings is 2. The molecule has 3 heterocycles. The number of fused-ring (bicyclic) bond motifs is 2. The van der Waals surface area contributed by atoms with Gasteiger partial charge in [0.15, 0.2) is 24.2 Å². The number of carbonyl (C=O) groups excluding carboxylic acids is 3. The second kappa shape index (κ2) is 9.50. The van der Waals surface area contributed by atoms with Gasteiger partial charge in [0.05, 0.1) is 23.5 Å². The molecule has 180 valence electrons. The van der Waals surface area contributed by atoms with Crippen molar-refractivity contribution in [3.05, 3.63) is 71.0 Å². The van der Waals surface area contributed by atoms with Crippen LogP contribution in [0, 0.1) is 13.8 Å². The number of hydrogen-bond acceptors (Lipinski definition) is 7. The van der Waals surface area contributed by atoms with E-state index in [0.717, 1.165) is 22.0 Å². The zero-order valence-electron chi connectivity index (χ0n) is 19.3. The molecule has 1 amide bonds. The van der Waals surface area contributed by atoms with Crippen molar-refractivity contribution < 1.29 is 28.6 Å². The number of ether oxygens (including phenoxy) is 3. The molecule has 1 atom stereocenters. The molecule has 1 N–H and O–H groups in total. The molecule has 0 bridgehead atoms. The highest BCUT2D eigenvalue weighted by atomic mass is 32.2. The Hall–Kier alpha value is -3.72. The molecule has 5 rings (SSSR count). The van der Waals surface area contributed by atoms with E-state index in [1.54, 1.807) is 24.3 Å². The number of nitrogens with zero attached hydrogens (tertiary/aromatic N) is 1. The Morgan fingerprint density at radius 1 is 1.14 bits per heavy atom. The number of aromatic nitrogens is 1. The summed E-state index contributed by atoms with van der Waals surface area (Å²) in [5, 5.41) is 2.74. The van der Waals surface area contributed by atoms with Crippen LogP contribution in [-0.4, -0.2) is 47.3 Å². The molecule has 1 unspecified atom stereocenters. The average molecular weight is 493 g/mol. The van der Waals surface area contributed by atoms with E-state index in [1.165, 1.54) is 11.8 Å². The number of thioether (sulfide) groups is 1. The van der Waals surface area contributed by atoms with Crippen molar-refractivity contribution in [2.75, 3.05) is 24.3 Å². The number of nitrogens with one attached hydrogen (secondary N) is 1. The molecular formula is C26H24N2O6S. The molecule has 0 aliphatic carbocycles. The van der Waals surface area contributed by atoms with Crippen LogP contribution in [0.25, 0.3) is 0 Å². The van der Waals surface area contributed by atoms with E-state index in [-0.39, 0.29) is 30.0 Å². The van der Waals surface area contributed by atoms with Gasteiger partial charge in [-0.3, -0.25) is 9.59 Å². The Morgan fingerprint density at radius 3 is 2.77 bits per heavy atom. The predicted molar refractivity (Wildman–Crippen MR) is 131 cm³/mol. The van der Waals surface area contributed by atoms with Crippen LogP contribution >= 0.6 is 11.8 Å². The van der Waals surface area contributed by atoms with Crippen LogP contribution in [0.5, 0.6) is 11.5 Å². The van der Waals surface area contributed by atoms with Crippen molar-refractivity contribution in [3.63, 3.8) is 0 Å². The summed E-state index contributed by atoms with van der Waals surface area (Å²) >= 11 is 1.41. The van der Waals surface area contributed by atoms with E-state index in [9.17, 15) is 14.4 Å². The number of para-hydroxylation sites is 2. The van der Waals surface area contributed by atoms with E-state index in [2.05, 4.69) is 5.32 Å². The summed E-state index contributed by atoms with van der Waals surface area (Å²) in [6, 6.07) is 14.3. The molecule has 35 heavy (non-hydrogen) atoms. The average Bonchev–Trinajstić information content (AvgIpc) is 3.15. The van der Waals surface area contributed by atoms with Crippen molar-refractivity contribution in [2.24, 2.45) is 0 Å². The number of carbonyl (C=O) groups is 3. The maximum Gasteiger partial charge on any atom is 0.338 e. The van der Waals surface area contributed by atoms with Gasteiger partial charge in [0.25, 0.3) is 0 Å². The summed E-state index contributed by atoms with van der Waals surface area (Å²) in [4.78, 5) is 37.9. The highest BCUT2D eigenvalue weighted by molar-refractivity contribution is 8.00. The second-order valence-corrected chi connectivity index (χ2v) is 9.46. The quantitative estimate of drug-likeness (QED) is 0.410. The smallest absolute Gasteiger partial charge is 0.338 e. The maximum atomic E-state index is 12.9. The fourth-order valence-corrected chi connectivity index (χ4v) is 5.01.